The standard InChI is InChI=1S/C13H15FN2O2/c1-9(14)12(17)16-11(13(18)15-2)8-10-6-4-3-5-7-10/h3-7,11H,1,8H2,2H3,(H,15,18)(H,16,17). The molecule has 18 heavy (non-hydrogen) atoms. The highest BCUT2D eigenvalue weighted by atomic mass is 19.1. The first-order valence-corrected chi connectivity index (χ1v) is 5.45. The van der Waals surface area contributed by atoms with Crippen LogP contribution in [0.2, 0.25) is 0 Å². The van der Waals surface area contributed by atoms with E-state index in [4.69, 9.17) is 0 Å². The lowest BCUT2D eigenvalue weighted by Gasteiger charge is -2.16. The maximum Gasteiger partial charge on any atom is 0.280 e. The minimum absolute atomic E-state index is 0.291. The van der Waals surface area contributed by atoms with Gasteiger partial charge in [-0.15, -0.1) is 0 Å². The van der Waals surface area contributed by atoms with Crippen molar-refractivity contribution in [2.24, 2.45) is 0 Å². The van der Waals surface area contributed by atoms with Crippen molar-refractivity contribution in [3.05, 3.63) is 48.3 Å². The van der Waals surface area contributed by atoms with E-state index in [9.17, 15) is 14.0 Å². The molecule has 5 heteroatoms. The molecule has 0 aliphatic heterocycles. The number of carbonyl (C=O) groups is 2. The number of amides is 2. The fraction of sp³-hybridized carbons (Fsp3) is 0.231. The van der Waals surface area contributed by atoms with Crippen molar-refractivity contribution >= 4 is 11.8 Å². The molecule has 1 atom stereocenters. The van der Waals surface area contributed by atoms with E-state index >= 15 is 0 Å². The Morgan fingerprint density at radius 3 is 2.44 bits per heavy atom. The van der Waals surface area contributed by atoms with Crippen molar-refractivity contribution < 1.29 is 14.0 Å². The Morgan fingerprint density at radius 2 is 1.94 bits per heavy atom. The van der Waals surface area contributed by atoms with Crippen LogP contribution in [-0.4, -0.2) is 24.9 Å². The molecule has 0 heterocycles. The molecule has 0 aliphatic carbocycles. The Kier molecular flexibility index (Phi) is 5.05. The van der Waals surface area contributed by atoms with E-state index < -0.39 is 17.8 Å². The summed E-state index contributed by atoms with van der Waals surface area (Å²) in [5.41, 5.74) is 0.871. The summed E-state index contributed by atoms with van der Waals surface area (Å²) < 4.78 is 12.6. The molecule has 1 aromatic carbocycles. The normalized spacial score (nSPS) is 11.4. The lowest BCUT2D eigenvalue weighted by molar-refractivity contribution is -0.127. The molecular weight excluding hydrogens is 235 g/mol. The summed E-state index contributed by atoms with van der Waals surface area (Å²) in [7, 11) is 1.46. The zero-order chi connectivity index (χ0) is 13.5. The third kappa shape index (κ3) is 4.01. The number of nitrogens with one attached hydrogen (secondary N) is 2. The minimum Gasteiger partial charge on any atom is -0.357 e. The van der Waals surface area contributed by atoms with E-state index in [1.807, 2.05) is 30.3 Å². The molecule has 1 unspecified atom stereocenters. The second kappa shape index (κ2) is 6.54. The van der Waals surface area contributed by atoms with Crippen molar-refractivity contribution in [2.75, 3.05) is 7.05 Å². The van der Waals surface area contributed by atoms with Crippen LogP contribution in [0.4, 0.5) is 4.39 Å². The van der Waals surface area contributed by atoms with Crippen LogP contribution in [0.1, 0.15) is 5.56 Å². The van der Waals surface area contributed by atoms with Crippen LogP contribution < -0.4 is 10.6 Å². The van der Waals surface area contributed by atoms with Crippen LogP contribution in [0.25, 0.3) is 0 Å². The third-order valence-electron chi connectivity index (χ3n) is 2.40. The number of benzene rings is 1. The summed E-state index contributed by atoms with van der Waals surface area (Å²) >= 11 is 0. The van der Waals surface area contributed by atoms with Gasteiger partial charge in [-0.05, 0) is 5.56 Å². The highest BCUT2D eigenvalue weighted by molar-refractivity contribution is 5.94. The smallest absolute Gasteiger partial charge is 0.280 e. The zero-order valence-electron chi connectivity index (χ0n) is 10.1. The quantitative estimate of drug-likeness (QED) is 0.764. The van der Waals surface area contributed by atoms with Crippen LogP contribution in [-0.2, 0) is 16.0 Å². The molecule has 2 N–H and O–H groups in total. The summed E-state index contributed by atoms with van der Waals surface area (Å²) in [6.45, 7) is 2.89. The van der Waals surface area contributed by atoms with Gasteiger partial charge in [0.2, 0.25) is 5.91 Å². The summed E-state index contributed by atoms with van der Waals surface area (Å²) in [4.78, 5) is 22.8. The molecule has 0 saturated heterocycles. The number of hydrogen-bond acceptors (Lipinski definition) is 2. The fourth-order valence-electron chi connectivity index (χ4n) is 1.47. The monoisotopic (exact) mass is 250 g/mol. The van der Waals surface area contributed by atoms with Crippen molar-refractivity contribution in [1.82, 2.24) is 10.6 Å². The molecule has 0 saturated carbocycles. The summed E-state index contributed by atoms with van der Waals surface area (Å²) in [6, 6.07) is 8.33. The van der Waals surface area contributed by atoms with Crippen molar-refractivity contribution in [3.63, 3.8) is 0 Å². The van der Waals surface area contributed by atoms with Crippen LogP contribution >= 0.6 is 0 Å². The molecular formula is C13H15FN2O2. The van der Waals surface area contributed by atoms with E-state index in [1.54, 1.807) is 0 Å². The molecule has 1 rings (SSSR count). The average molecular weight is 250 g/mol. The Bertz CT molecular complexity index is 446. The van der Waals surface area contributed by atoms with Gasteiger partial charge in [0.1, 0.15) is 6.04 Å². The van der Waals surface area contributed by atoms with E-state index in [0.717, 1.165) is 5.56 Å². The Labute approximate surface area is 105 Å². The first-order valence-electron chi connectivity index (χ1n) is 5.45. The third-order valence-corrected chi connectivity index (χ3v) is 2.40. The van der Waals surface area contributed by atoms with Gasteiger partial charge in [-0.3, -0.25) is 9.59 Å². The molecule has 1 aromatic rings. The average Bonchev–Trinajstić information content (AvgIpc) is 2.38. The van der Waals surface area contributed by atoms with Crippen molar-refractivity contribution in [1.29, 1.82) is 0 Å². The second-order valence-corrected chi connectivity index (χ2v) is 3.73. The Balaban J connectivity index is 2.76. The van der Waals surface area contributed by atoms with Crippen molar-refractivity contribution in [2.45, 2.75) is 12.5 Å². The molecule has 4 nitrogen and oxygen atoms in total. The SMILES string of the molecule is C=C(F)C(=O)NC(Cc1ccccc1)C(=O)NC. The van der Waals surface area contributed by atoms with Crippen LogP contribution in [0, 0.1) is 0 Å². The van der Waals surface area contributed by atoms with Crippen LogP contribution in [0.5, 0.6) is 0 Å². The molecule has 96 valence electrons. The summed E-state index contributed by atoms with van der Waals surface area (Å²) in [5, 5.41) is 4.71. The lowest BCUT2D eigenvalue weighted by atomic mass is 10.1. The number of halogens is 1. The predicted octanol–water partition coefficient (Wildman–Crippen LogP) is 0.943. The van der Waals surface area contributed by atoms with Gasteiger partial charge < -0.3 is 10.6 Å². The zero-order valence-corrected chi connectivity index (χ0v) is 10.1. The van der Waals surface area contributed by atoms with Gasteiger partial charge in [0, 0.05) is 13.5 Å². The van der Waals surface area contributed by atoms with Gasteiger partial charge in [0.15, 0.2) is 5.83 Å². The Morgan fingerprint density at radius 1 is 1.33 bits per heavy atom. The maximum atomic E-state index is 12.6. The topological polar surface area (TPSA) is 58.2 Å². The van der Waals surface area contributed by atoms with E-state index in [2.05, 4.69) is 17.2 Å². The van der Waals surface area contributed by atoms with Gasteiger partial charge in [-0.25, -0.2) is 4.39 Å². The fourth-order valence-corrected chi connectivity index (χ4v) is 1.47. The highest BCUT2D eigenvalue weighted by Crippen LogP contribution is 2.04. The van der Waals surface area contributed by atoms with E-state index in [-0.39, 0.29) is 5.91 Å². The van der Waals surface area contributed by atoms with Crippen LogP contribution in [0.15, 0.2) is 42.7 Å². The molecule has 0 aromatic heterocycles. The van der Waals surface area contributed by atoms with Gasteiger partial charge in [-0.2, -0.15) is 0 Å². The maximum absolute atomic E-state index is 12.6. The number of likely N-dealkylation sites (N-methyl/N-ethyl adjacent to an activating group) is 1. The number of rotatable bonds is 5. The molecule has 0 spiro atoms. The highest BCUT2D eigenvalue weighted by Gasteiger charge is 2.21. The molecule has 0 aliphatic rings. The summed E-state index contributed by atoms with van der Waals surface area (Å²) in [5.74, 6) is -2.47. The van der Waals surface area contributed by atoms with Crippen LogP contribution in [0.3, 0.4) is 0 Å². The van der Waals surface area contributed by atoms with Gasteiger partial charge in [0.25, 0.3) is 5.91 Å². The van der Waals surface area contributed by atoms with Crippen molar-refractivity contribution in [3.8, 4) is 0 Å². The van der Waals surface area contributed by atoms with Gasteiger partial charge in [-0.1, -0.05) is 36.9 Å². The Hall–Kier alpha value is -2.17. The largest absolute Gasteiger partial charge is 0.357 e. The molecule has 2 amide bonds. The number of hydrogen-bond donors (Lipinski definition) is 2. The van der Waals surface area contributed by atoms with Gasteiger partial charge >= 0.3 is 0 Å². The first kappa shape index (κ1) is 13.9. The second-order valence-electron chi connectivity index (χ2n) is 3.73. The molecule has 0 radical (unpaired) electrons. The lowest BCUT2D eigenvalue weighted by Crippen LogP contribution is -2.47. The molecule has 0 fully saturated rings. The predicted molar refractivity (Wildman–Crippen MR) is 66.4 cm³/mol. The summed E-state index contributed by atoms with van der Waals surface area (Å²) in [6.07, 6.45) is 0.291. The minimum atomic E-state index is -1.11. The van der Waals surface area contributed by atoms with E-state index in [1.165, 1.54) is 7.05 Å². The van der Waals surface area contributed by atoms with E-state index in [0.29, 0.717) is 6.42 Å². The van der Waals surface area contributed by atoms with Gasteiger partial charge in [0.05, 0.1) is 0 Å². The first-order chi connectivity index (χ1) is 8.54. The molecule has 0 bridgehead atoms. The number of carbonyl (C=O) groups excluding carboxylic acids is 2.